The molecule has 1 fully saturated rings. The Labute approximate surface area is 255 Å². The van der Waals surface area contributed by atoms with Crippen molar-refractivity contribution < 1.29 is 23.4 Å². The highest BCUT2D eigenvalue weighted by molar-refractivity contribution is 7.99. The van der Waals surface area contributed by atoms with Gasteiger partial charge in [-0.05, 0) is 92.7 Å². The van der Waals surface area contributed by atoms with Crippen molar-refractivity contribution in [2.45, 2.75) is 58.8 Å². The average Bonchev–Trinajstić information content (AvgIpc) is 2.91. The molecule has 206 valence electrons. The number of rotatable bonds is 11. The van der Waals surface area contributed by atoms with Crippen molar-refractivity contribution in [2.24, 2.45) is 0 Å². The number of nitrogen functional groups attached to an aromatic ring is 1. The summed E-state index contributed by atoms with van der Waals surface area (Å²) in [6.45, 7) is 0.828. The zero-order chi connectivity index (χ0) is 30.6. The minimum Gasteiger partial charge on any atom is -0.395 e. The number of nitriles is 1. The lowest BCUT2D eigenvalue weighted by atomic mass is 9.46. The fourth-order valence-electron chi connectivity index (χ4n) is 3.64. The Balaban J connectivity index is 0.000000287. The van der Waals surface area contributed by atoms with Crippen LogP contribution in [0.3, 0.4) is 0 Å². The second-order valence-electron chi connectivity index (χ2n) is 9.23. The molecule has 1 atom stereocenters. The Kier molecular flexibility index (Phi) is 14.2. The molecule has 1 saturated heterocycles. The first-order valence-corrected chi connectivity index (χ1v) is 14.4. The van der Waals surface area contributed by atoms with E-state index in [0.29, 0.717) is 24.3 Å². The molecule has 2 aromatic rings. The number of anilines is 1. The highest BCUT2D eigenvalue weighted by Crippen LogP contribution is 2.25. The van der Waals surface area contributed by atoms with E-state index in [4.69, 9.17) is 55.0 Å². The van der Waals surface area contributed by atoms with E-state index >= 15 is 0 Å². The Morgan fingerprint density at radius 3 is 2.39 bits per heavy atom. The summed E-state index contributed by atoms with van der Waals surface area (Å²) in [6.07, 6.45) is 3.59. The summed E-state index contributed by atoms with van der Waals surface area (Å²) in [5.74, 6) is -0.370. The zero-order valence-corrected chi connectivity index (χ0v) is 24.0. The second-order valence-corrected chi connectivity index (χ2v) is 11.3. The predicted molar refractivity (Wildman–Crippen MR) is 163 cm³/mol. The molecule has 10 radical (unpaired) electrons. The van der Waals surface area contributed by atoms with Crippen molar-refractivity contribution in [3.63, 3.8) is 0 Å². The number of carbonyl (C=O) groups excluding carboxylic acids is 1. The normalized spacial score (nSPS) is 15.4. The van der Waals surface area contributed by atoms with Gasteiger partial charge in [-0.25, -0.2) is 8.78 Å². The Morgan fingerprint density at radius 2 is 1.83 bits per heavy atom. The quantitative estimate of drug-likeness (QED) is 0.0915. The maximum Gasteiger partial charge on any atom is 0.259 e. The molecule has 7 nitrogen and oxygen atoms in total. The molecule has 1 aliphatic rings. The van der Waals surface area contributed by atoms with Crippen LogP contribution < -0.4 is 10.5 Å². The van der Waals surface area contributed by atoms with Crippen molar-refractivity contribution in [1.29, 1.82) is 5.26 Å². The van der Waals surface area contributed by atoms with Gasteiger partial charge in [-0.3, -0.25) is 9.52 Å². The van der Waals surface area contributed by atoms with E-state index < -0.39 is 22.7 Å². The van der Waals surface area contributed by atoms with Crippen LogP contribution in [0.5, 0.6) is 0 Å². The van der Waals surface area contributed by atoms with Crippen LogP contribution in [0.15, 0.2) is 46.2 Å². The molecule has 0 aliphatic carbocycles. The molecule has 1 heterocycles. The maximum absolute atomic E-state index is 13.5. The van der Waals surface area contributed by atoms with E-state index in [-0.39, 0.29) is 29.5 Å². The number of carbonyl (C=O) groups is 1. The highest BCUT2D eigenvalue weighted by Gasteiger charge is 2.30. The first kappa shape index (κ1) is 35.2. The second kappa shape index (κ2) is 16.6. The molecule has 0 aromatic heterocycles. The van der Waals surface area contributed by atoms with Crippen LogP contribution in [0.25, 0.3) is 0 Å². The van der Waals surface area contributed by atoms with Crippen molar-refractivity contribution in [3.05, 3.63) is 53.6 Å². The number of benzene rings is 2. The number of thioether (sulfide) groups is 1. The van der Waals surface area contributed by atoms with Crippen LogP contribution in [-0.4, -0.2) is 90.9 Å². The molecule has 2 aromatic carbocycles. The number of halogens is 2. The average molecular weight is 588 g/mol. The van der Waals surface area contributed by atoms with Gasteiger partial charge in [0.15, 0.2) is 0 Å². The lowest BCUT2D eigenvalue weighted by molar-refractivity contribution is -0.133. The van der Waals surface area contributed by atoms with Crippen molar-refractivity contribution in [1.82, 2.24) is 9.62 Å². The van der Waals surface area contributed by atoms with E-state index in [1.807, 2.05) is 6.07 Å². The standard InChI is InChI=1S/C13H14FN3O2S.C12H13B5FNOS/c14-10-6-9(5-8(7-15)12(10)16)20-17-13(18)11-3-1-2-4-19-11;13-11(14,15)19(12(16,17)20)7-1-2-8-21-10-5-3-9(18)4-6-10/h5-6,11H,1-4,16H2,(H,17,18);3-6,20H,1-2,7-8H2. The smallest absolute Gasteiger partial charge is 0.259 e. The number of aliphatic hydroxyl groups is 1. The first-order valence-electron chi connectivity index (χ1n) is 12.6. The lowest BCUT2D eigenvalue weighted by Gasteiger charge is -2.47. The number of nitrogens with one attached hydrogen (secondary N) is 1. The van der Waals surface area contributed by atoms with Crippen molar-refractivity contribution in [3.8, 4) is 6.07 Å². The molecule has 1 amide bonds. The van der Waals surface area contributed by atoms with Gasteiger partial charge in [0, 0.05) is 21.9 Å². The van der Waals surface area contributed by atoms with Crippen LogP contribution in [-0.2, 0) is 9.53 Å². The molecule has 3 rings (SSSR count). The molecule has 16 heteroatoms. The largest absolute Gasteiger partial charge is 0.395 e. The van der Waals surface area contributed by atoms with Gasteiger partial charge >= 0.3 is 0 Å². The monoisotopic (exact) mass is 588 g/mol. The third-order valence-corrected chi connectivity index (χ3v) is 7.60. The van der Waals surface area contributed by atoms with Gasteiger partial charge in [-0.2, -0.15) is 5.26 Å². The van der Waals surface area contributed by atoms with Crippen molar-refractivity contribution in [2.75, 3.05) is 24.6 Å². The molecule has 41 heavy (non-hydrogen) atoms. The number of nitrogens with zero attached hydrogens (tertiary/aromatic N) is 2. The fraction of sp³-hybridized carbons (Fsp3) is 0.440. The fourth-order valence-corrected chi connectivity index (χ4v) is 5.24. The summed E-state index contributed by atoms with van der Waals surface area (Å²) >= 11 is 2.54. The molecule has 1 aliphatic heterocycles. The molecular weight excluding hydrogens is 560 g/mol. The molecule has 4 N–H and O–H groups in total. The number of nitrogens with two attached hydrogens (primary N) is 1. The Bertz CT molecular complexity index is 1160. The number of ether oxygens (including phenoxy) is 1. The van der Waals surface area contributed by atoms with Crippen LogP contribution in [0, 0.1) is 23.0 Å². The molecule has 0 saturated carbocycles. The molecule has 0 spiro atoms. The van der Waals surface area contributed by atoms with Gasteiger partial charge in [0.05, 0.1) is 34.8 Å². The number of amides is 1. The van der Waals surface area contributed by atoms with Crippen LogP contribution in [0.4, 0.5) is 14.5 Å². The van der Waals surface area contributed by atoms with E-state index in [1.165, 1.54) is 24.3 Å². The Hall–Kier alpha value is -2.04. The summed E-state index contributed by atoms with van der Waals surface area (Å²) in [6, 6.07) is 10.7. The maximum atomic E-state index is 13.5. The van der Waals surface area contributed by atoms with Crippen molar-refractivity contribution >= 4 is 74.5 Å². The molecule has 1 unspecified atom stereocenters. The van der Waals surface area contributed by atoms with E-state index in [2.05, 4.69) is 4.72 Å². The van der Waals surface area contributed by atoms with E-state index in [9.17, 15) is 18.7 Å². The van der Waals surface area contributed by atoms with Gasteiger partial charge in [-0.1, -0.05) is 5.24 Å². The molecule has 0 bridgehead atoms. The summed E-state index contributed by atoms with van der Waals surface area (Å²) in [5, 5.41) is 16.6. The van der Waals surface area contributed by atoms with Gasteiger partial charge in [0.25, 0.3) is 5.91 Å². The van der Waals surface area contributed by atoms with Gasteiger partial charge in [0.2, 0.25) is 0 Å². The minimum absolute atomic E-state index is 0.0515. The SMILES string of the molecule is N#Cc1cc(SNC(=O)C2CCCCO2)cc(F)c1N.[B]C([B])([B])N(CCCCSc1ccc(F)cc1)C([B])([B])O. The summed E-state index contributed by atoms with van der Waals surface area (Å²) in [7, 11) is 27.2. The lowest BCUT2D eigenvalue weighted by Crippen LogP contribution is -2.63. The summed E-state index contributed by atoms with van der Waals surface area (Å²) in [5.41, 5.74) is 3.11. The van der Waals surface area contributed by atoms with E-state index in [1.54, 1.807) is 23.9 Å². The number of hydrogen-bond acceptors (Lipinski definition) is 8. The van der Waals surface area contributed by atoms with Gasteiger partial charge < -0.3 is 20.5 Å². The highest BCUT2D eigenvalue weighted by atomic mass is 32.2. The van der Waals surface area contributed by atoms with Crippen LogP contribution >= 0.6 is 23.7 Å². The minimum atomic E-state index is -2.18. The molecular formula is C25H27B5F2N4O3S2. The topological polar surface area (TPSA) is 112 Å². The third kappa shape index (κ3) is 12.4. The first-order chi connectivity index (χ1) is 19.2. The number of unbranched alkanes of at least 4 members (excludes halogenated alkanes) is 1. The Morgan fingerprint density at radius 1 is 1.15 bits per heavy atom. The third-order valence-electron chi connectivity index (χ3n) is 5.72. The zero-order valence-electron chi connectivity index (χ0n) is 22.4. The summed E-state index contributed by atoms with van der Waals surface area (Å²) < 4.78 is 34.2. The predicted octanol–water partition coefficient (Wildman–Crippen LogP) is 2.03. The van der Waals surface area contributed by atoms with Gasteiger partial charge in [-0.15, -0.1) is 11.8 Å². The number of hydrogen-bond donors (Lipinski definition) is 3. The van der Waals surface area contributed by atoms with E-state index in [0.717, 1.165) is 46.8 Å². The van der Waals surface area contributed by atoms with Crippen LogP contribution in [0.2, 0.25) is 0 Å². The van der Waals surface area contributed by atoms with Gasteiger partial charge in [0.1, 0.15) is 39.5 Å². The summed E-state index contributed by atoms with van der Waals surface area (Å²) in [4.78, 5) is 14.2. The van der Waals surface area contributed by atoms with Crippen LogP contribution in [0.1, 0.15) is 37.7 Å².